The smallest absolute Gasteiger partial charge is 0.138 e. The van der Waals surface area contributed by atoms with Crippen LogP contribution in [0.3, 0.4) is 0 Å². The molecular weight excluding hydrogens is 284 g/mol. The van der Waals surface area contributed by atoms with E-state index < -0.39 is 0 Å². The van der Waals surface area contributed by atoms with Crippen LogP contribution in [0.1, 0.15) is 17.4 Å². The molecule has 1 N–H and O–H groups in total. The van der Waals surface area contributed by atoms with Crippen LogP contribution in [0.15, 0.2) is 30.9 Å². The van der Waals surface area contributed by atoms with Gasteiger partial charge in [-0.3, -0.25) is 4.98 Å². The number of aryl methyl sites for hydroxylation is 1. The van der Waals surface area contributed by atoms with Crippen LogP contribution in [-0.2, 0) is 13.0 Å². The molecule has 0 aromatic carbocycles. The molecule has 0 atom stereocenters. The number of methoxy groups -OCH3 is 1. The Kier molecular flexibility index (Phi) is 3.96. The Bertz CT molecular complexity index is 756. The molecule has 0 spiro atoms. The van der Waals surface area contributed by atoms with E-state index in [4.69, 9.17) is 4.74 Å². The van der Waals surface area contributed by atoms with Crippen LogP contribution in [0.2, 0.25) is 0 Å². The summed E-state index contributed by atoms with van der Waals surface area (Å²) in [4.78, 5) is 15.2. The molecule has 0 aliphatic rings. The number of hydrogen-bond acceptors (Lipinski definition) is 6. The van der Waals surface area contributed by atoms with Crippen molar-refractivity contribution in [3.8, 4) is 5.75 Å². The van der Waals surface area contributed by atoms with Crippen molar-refractivity contribution in [1.29, 1.82) is 0 Å². The molecule has 0 unspecified atom stereocenters. The summed E-state index contributed by atoms with van der Waals surface area (Å²) in [6.45, 7) is 2.79. The van der Waals surface area contributed by atoms with Crippen molar-refractivity contribution in [3.05, 3.63) is 41.3 Å². The third kappa shape index (κ3) is 2.95. The van der Waals surface area contributed by atoms with Crippen molar-refractivity contribution in [1.82, 2.24) is 15.0 Å². The van der Waals surface area contributed by atoms with E-state index in [1.54, 1.807) is 31.0 Å². The minimum absolute atomic E-state index is 0.646. The van der Waals surface area contributed by atoms with E-state index in [1.807, 2.05) is 12.3 Å². The average Bonchev–Trinajstić information content (AvgIpc) is 2.97. The van der Waals surface area contributed by atoms with E-state index >= 15 is 0 Å². The highest BCUT2D eigenvalue weighted by Gasteiger charge is 2.08. The van der Waals surface area contributed by atoms with Gasteiger partial charge in [-0.1, -0.05) is 6.92 Å². The first-order chi connectivity index (χ1) is 10.3. The highest BCUT2D eigenvalue weighted by molar-refractivity contribution is 7.18. The number of ether oxygens (including phenoxy) is 1. The molecule has 3 heterocycles. The average molecular weight is 300 g/mol. The minimum atomic E-state index is 0.646. The molecule has 3 rings (SSSR count). The highest BCUT2D eigenvalue weighted by Crippen LogP contribution is 2.28. The first-order valence-corrected chi connectivity index (χ1v) is 7.57. The quantitative estimate of drug-likeness (QED) is 0.783. The molecular formula is C15H16N4OS. The number of thiophene rings is 1. The largest absolute Gasteiger partial charge is 0.495 e. The molecule has 0 saturated heterocycles. The zero-order chi connectivity index (χ0) is 14.7. The summed E-state index contributed by atoms with van der Waals surface area (Å²) in [5.74, 6) is 1.62. The van der Waals surface area contributed by atoms with Crippen molar-refractivity contribution < 1.29 is 4.74 Å². The van der Waals surface area contributed by atoms with E-state index in [0.717, 1.165) is 33.8 Å². The van der Waals surface area contributed by atoms with Gasteiger partial charge >= 0.3 is 0 Å². The van der Waals surface area contributed by atoms with E-state index in [0.29, 0.717) is 6.54 Å². The molecule has 0 bridgehead atoms. The number of aromatic nitrogens is 3. The van der Waals surface area contributed by atoms with Gasteiger partial charge in [-0.05, 0) is 24.1 Å². The van der Waals surface area contributed by atoms with Crippen LogP contribution < -0.4 is 10.1 Å². The van der Waals surface area contributed by atoms with Crippen molar-refractivity contribution in [2.45, 2.75) is 19.9 Å². The van der Waals surface area contributed by atoms with E-state index in [9.17, 15) is 0 Å². The summed E-state index contributed by atoms with van der Waals surface area (Å²) in [6, 6.07) is 4.12. The summed E-state index contributed by atoms with van der Waals surface area (Å²) >= 11 is 1.72. The van der Waals surface area contributed by atoms with Gasteiger partial charge in [-0.25, -0.2) is 9.97 Å². The Balaban J connectivity index is 1.82. The van der Waals surface area contributed by atoms with E-state index in [1.165, 1.54) is 4.88 Å². The van der Waals surface area contributed by atoms with Crippen LogP contribution in [0.4, 0.5) is 5.82 Å². The second-order valence-electron chi connectivity index (χ2n) is 4.59. The van der Waals surface area contributed by atoms with Gasteiger partial charge in [0.25, 0.3) is 0 Å². The number of nitrogens with one attached hydrogen (secondary N) is 1. The maximum absolute atomic E-state index is 5.18. The van der Waals surface area contributed by atoms with Gasteiger partial charge in [0.1, 0.15) is 22.7 Å². The van der Waals surface area contributed by atoms with Gasteiger partial charge in [0.15, 0.2) is 0 Å². The molecule has 0 aliphatic carbocycles. The molecule has 0 fully saturated rings. The predicted molar refractivity (Wildman–Crippen MR) is 84.9 cm³/mol. The number of rotatable bonds is 5. The predicted octanol–water partition coefficient (Wildman–Crippen LogP) is 3.27. The molecule has 3 aromatic rings. The standard InChI is InChI=1S/C15H16N4OS/c1-3-12-5-13-14(18-9-19-15(13)21-12)17-7-10-4-11(20-2)8-16-6-10/h4-6,8-9H,3,7H2,1-2H3,(H,17,18,19). The monoisotopic (exact) mass is 300 g/mol. The number of anilines is 1. The van der Waals surface area contributed by atoms with Gasteiger partial charge in [0, 0.05) is 17.6 Å². The Morgan fingerprint density at radius 3 is 2.95 bits per heavy atom. The molecule has 0 aliphatic heterocycles. The summed E-state index contributed by atoms with van der Waals surface area (Å²) in [6.07, 6.45) is 6.13. The molecule has 108 valence electrons. The molecule has 0 saturated carbocycles. The van der Waals surface area contributed by atoms with Gasteiger partial charge in [-0.15, -0.1) is 11.3 Å². The fourth-order valence-electron chi connectivity index (χ4n) is 2.08. The highest BCUT2D eigenvalue weighted by atomic mass is 32.1. The van der Waals surface area contributed by atoms with Crippen molar-refractivity contribution in [2.24, 2.45) is 0 Å². The van der Waals surface area contributed by atoms with Gasteiger partial charge in [0.05, 0.1) is 18.7 Å². The third-order valence-electron chi connectivity index (χ3n) is 3.19. The van der Waals surface area contributed by atoms with Crippen molar-refractivity contribution >= 4 is 27.4 Å². The molecule has 0 radical (unpaired) electrons. The number of nitrogens with zero attached hydrogens (tertiary/aromatic N) is 3. The van der Waals surface area contributed by atoms with Gasteiger partial charge < -0.3 is 10.1 Å². The first-order valence-electron chi connectivity index (χ1n) is 6.75. The van der Waals surface area contributed by atoms with Crippen LogP contribution in [0.5, 0.6) is 5.75 Å². The second kappa shape index (κ2) is 6.05. The Hall–Kier alpha value is -2.21. The summed E-state index contributed by atoms with van der Waals surface area (Å²) in [5, 5.41) is 4.43. The molecule has 3 aromatic heterocycles. The minimum Gasteiger partial charge on any atom is -0.495 e. The lowest BCUT2D eigenvalue weighted by Gasteiger charge is -2.07. The fourth-order valence-corrected chi connectivity index (χ4v) is 3.01. The van der Waals surface area contributed by atoms with Crippen LogP contribution in [0.25, 0.3) is 10.2 Å². The zero-order valence-corrected chi connectivity index (χ0v) is 12.8. The number of fused-ring (bicyclic) bond motifs is 1. The molecule has 0 amide bonds. The lowest BCUT2D eigenvalue weighted by molar-refractivity contribution is 0.412. The topological polar surface area (TPSA) is 59.9 Å². The van der Waals surface area contributed by atoms with Crippen LogP contribution in [-0.4, -0.2) is 22.1 Å². The van der Waals surface area contributed by atoms with Crippen molar-refractivity contribution in [3.63, 3.8) is 0 Å². The normalized spacial score (nSPS) is 10.8. The van der Waals surface area contributed by atoms with Crippen LogP contribution >= 0.6 is 11.3 Å². The summed E-state index contributed by atoms with van der Waals surface area (Å²) in [7, 11) is 1.64. The maximum atomic E-state index is 5.18. The van der Waals surface area contributed by atoms with Gasteiger partial charge in [-0.2, -0.15) is 0 Å². The molecule has 5 nitrogen and oxygen atoms in total. The maximum Gasteiger partial charge on any atom is 0.138 e. The van der Waals surface area contributed by atoms with Gasteiger partial charge in [0.2, 0.25) is 0 Å². The lowest BCUT2D eigenvalue weighted by atomic mass is 10.2. The van der Waals surface area contributed by atoms with E-state index in [2.05, 4.69) is 33.3 Å². The molecule has 21 heavy (non-hydrogen) atoms. The zero-order valence-electron chi connectivity index (χ0n) is 12.0. The Labute approximate surface area is 127 Å². The fraction of sp³-hybridized carbons (Fsp3) is 0.267. The second-order valence-corrected chi connectivity index (χ2v) is 5.71. The van der Waals surface area contributed by atoms with E-state index in [-0.39, 0.29) is 0 Å². The SMILES string of the molecule is CCc1cc2c(NCc3cncc(OC)c3)ncnc2s1. The van der Waals surface area contributed by atoms with Crippen LogP contribution in [0, 0.1) is 0 Å². The first kappa shape index (κ1) is 13.8. The van der Waals surface area contributed by atoms with Crippen molar-refractivity contribution in [2.75, 3.05) is 12.4 Å². The Morgan fingerprint density at radius 1 is 1.24 bits per heavy atom. The molecule has 6 heteroatoms. The number of pyridine rings is 1. The Morgan fingerprint density at radius 2 is 2.14 bits per heavy atom. The number of hydrogen-bond donors (Lipinski definition) is 1. The lowest BCUT2D eigenvalue weighted by Crippen LogP contribution is -2.02. The summed E-state index contributed by atoms with van der Waals surface area (Å²) in [5.41, 5.74) is 1.05. The summed E-state index contributed by atoms with van der Waals surface area (Å²) < 4.78 is 5.18. The third-order valence-corrected chi connectivity index (χ3v) is 4.38.